The molecule has 0 aromatic carbocycles. The Morgan fingerprint density at radius 3 is 2.94 bits per heavy atom. The van der Waals surface area contributed by atoms with Gasteiger partial charge in [-0.05, 0) is 24.7 Å². The number of nitrogens with one attached hydrogen (secondary N) is 2. The fraction of sp³-hybridized carbons (Fsp3) is 0.583. The summed E-state index contributed by atoms with van der Waals surface area (Å²) in [5.74, 6) is 0.681. The molecule has 3 heterocycles. The van der Waals surface area contributed by atoms with Crippen molar-refractivity contribution < 1.29 is 0 Å². The van der Waals surface area contributed by atoms with Crippen LogP contribution in [-0.4, -0.2) is 33.3 Å². The second-order valence-corrected chi connectivity index (χ2v) is 5.55. The molecular formula is C12H15N5O. The zero-order valence-electron chi connectivity index (χ0n) is 10.1. The quantitative estimate of drug-likeness (QED) is 0.786. The van der Waals surface area contributed by atoms with Gasteiger partial charge in [-0.1, -0.05) is 6.42 Å². The molecule has 2 aromatic heterocycles. The Balaban J connectivity index is 1.72. The van der Waals surface area contributed by atoms with Crippen molar-refractivity contribution in [3.8, 4) is 0 Å². The lowest BCUT2D eigenvalue weighted by Crippen LogP contribution is -2.34. The van der Waals surface area contributed by atoms with Crippen molar-refractivity contribution in [1.29, 1.82) is 0 Å². The highest BCUT2D eigenvalue weighted by atomic mass is 16.1. The van der Waals surface area contributed by atoms with Gasteiger partial charge in [-0.3, -0.25) is 14.9 Å². The summed E-state index contributed by atoms with van der Waals surface area (Å²) >= 11 is 0. The first-order chi connectivity index (χ1) is 8.76. The predicted octanol–water partition coefficient (Wildman–Crippen LogP) is 1.03. The van der Waals surface area contributed by atoms with Gasteiger partial charge in [0.05, 0.1) is 6.20 Å². The second-order valence-electron chi connectivity index (χ2n) is 5.55. The van der Waals surface area contributed by atoms with Crippen LogP contribution in [0.4, 0.5) is 5.95 Å². The molecule has 94 valence electrons. The third-order valence-corrected chi connectivity index (χ3v) is 4.46. The molecule has 0 bridgehead atoms. The summed E-state index contributed by atoms with van der Waals surface area (Å²) in [6, 6.07) is 0. The lowest BCUT2D eigenvalue weighted by Gasteiger charge is -2.37. The molecule has 1 aliphatic heterocycles. The van der Waals surface area contributed by atoms with Crippen LogP contribution < -0.4 is 10.5 Å². The van der Waals surface area contributed by atoms with E-state index in [-0.39, 0.29) is 5.56 Å². The highest BCUT2D eigenvalue weighted by molar-refractivity contribution is 5.73. The summed E-state index contributed by atoms with van der Waals surface area (Å²) in [5.41, 5.74) is 0.961. The van der Waals surface area contributed by atoms with E-state index in [9.17, 15) is 4.79 Å². The highest BCUT2D eigenvalue weighted by Crippen LogP contribution is 2.48. The number of nitrogens with zero attached hydrogens (tertiary/aromatic N) is 3. The van der Waals surface area contributed by atoms with Gasteiger partial charge in [0.15, 0.2) is 5.65 Å². The zero-order chi connectivity index (χ0) is 12.2. The van der Waals surface area contributed by atoms with Crippen molar-refractivity contribution in [2.45, 2.75) is 25.7 Å². The minimum Gasteiger partial charge on any atom is -0.342 e. The first kappa shape index (κ1) is 10.1. The van der Waals surface area contributed by atoms with Crippen LogP contribution >= 0.6 is 0 Å². The molecule has 1 saturated carbocycles. The topological polar surface area (TPSA) is 77.7 Å². The van der Waals surface area contributed by atoms with Crippen LogP contribution in [-0.2, 0) is 0 Å². The molecule has 1 aliphatic carbocycles. The van der Waals surface area contributed by atoms with E-state index in [4.69, 9.17) is 0 Å². The Morgan fingerprint density at radius 2 is 2.22 bits per heavy atom. The van der Waals surface area contributed by atoms with Crippen molar-refractivity contribution in [3.63, 3.8) is 0 Å². The summed E-state index contributed by atoms with van der Waals surface area (Å²) in [4.78, 5) is 21.4. The van der Waals surface area contributed by atoms with E-state index < -0.39 is 0 Å². The molecule has 2 aromatic rings. The van der Waals surface area contributed by atoms with Crippen LogP contribution in [0.25, 0.3) is 11.0 Å². The number of aromatic amines is 2. The number of hydrogen-bond acceptors (Lipinski definition) is 4. The second kappa shape index (κ2) is 3.34. The maximum Gasteiger partial charge on any atom is 0.263 e. The molecule has 2 fully saturated rings. The smallest absolute Gasteiger partial charge is 0.263 e. The average Bonchev–Trinajstić information content (AvgIpc) is 2.94. The molecule has 6 heteroatoms. The van der Waals surface area contributed by atoms with Crippen molar-refractivity contribution in [3.05, 3.63) is 16.6 Å². The predicted molar refractivity (Wildman–Crippen MR) is 67.6 cm³/mol. The van der Waals surface area contributed by atoms with Gasteiger partial charge in [-0.2, -0.15) is 10.1 Å². The van der Waals surface area contributed by atoms with E-state index >= 15 is 0 Å². The summed E-state index contributed by atoms with van der Waals surface area (Å²) < 4.78 is 0. The van der Waals surface area contributed by atoms with Crippen LogP contribution in [0.3, 0.4) is 0 Å². The molecule has 0 atom stereocenters. The maximum atomic E-state index is 11.9. The summed E-state index contributed by atoms with van der Waals surface area (Å²) in [7, 11) is 0. The monoisotopic (exact) mass is 245 g/mol. The van der Waals surface area contributed by atoms with E-state index in [0.717, 1.165) is 13.1 Å². The SMILES string of the molecule is O=c1[nH]c(N2CCC3(CCC3)C2)nc2[nH]ncc12. The summed E-state index contributed by atoms with van der Waals surface area (Å²) in [5, 5.41) is 7.15. The zero-order valence-corrected chi connectivity index (χ0v) is 10.1. The van der Waals surface area contributed by atoms with Crippen molar-refractivity contribution in [2.75, 3.05) is 18.0 Å². The molecule has 1 spiro atoms. The van der Waals surface area contributed by atoms with E-state index in [0.29, 0.717) is 22.4 Å². The lowest BCUT2D eigenvalue weighted by atomic mass is 9.68. The minimum absolute atomic E-state index is 0.113. The number of H-pyrrole nitrogens is 2. The first-order valence-corrected chi connectivity index (χ1v) is 6.44. The Bertz CT molecular complexity index is 654. The van der Waals surface area contributed by atoms with Gasteiger partial charge in [0, 0.05) is 13.1 Å². The van der Waals surface area contributed by atoms with Crippen LogP contribution in [0.5, 0.6) is 0 Å². The first-order valence-electron chi connectivity index (χ1n) is 6.44. The molecule has 6 nitrogen and oxygen atoms in total. The van der Waals surface area contributed by atoms with Gasteiger partial charge in [-0.15, -0.1) is 0 Å². The van der Waals surface area contributed by atoms with Crippen molar-refractivity contribution in [2.24, 2.45) is 5.41 Å². The molecule has 1 saturated heterocycles. The van der Waals surface area contributed by atoms with E-state index in [2.05, 4.69) is 25.1 Å². The van der Waals surface area contributed by atoms with E-state index in [1.54, 1.807) is 0 Å². The highest BCUT2D eigenvalue weighted by Gasteiger charge is 2.43. The number of fused-ring (bicyclic) bond motifs is 1. The molecule has 0 amide bonds. The Morgan fingerprint density at radius 1 is 1.33 bits per heavy atom. The fourth-order valence-corrected chi connectivity index (χ4v) is 3.18. The standard InChI is InChI=1S/C12H15N5O/c18-10-8-6-13-16-9(8)14-11(15-10)17-5-4-12(7-17)2-1-3-12/h6H,1-5,7H2,(H2,13,14,15,16,18). The molecular weight excluding hydrogens is 230 g/mol. The Kier molecular flexibility index (Phi) is 1.87. The molecule has 0 radical (unpaired) electrons. The van der Waals surface area contributed by atoms with E-state index in [1.165, 1.54) is 31.9 Å². The molecule has 18 heavy (non-hydrogen) atoms. The number of rotatable bonds is 1. The van der Waals surface area contributed by atoms with Crippen molar-refractivity contribution >= 4 is 17.0 Å². The summed E-state index contributed by atoms with van der Waals surface area (Å²) in [6.07, 6.45) is 6.72. The number of anilines is 1. The van der Waals surface area contributed by atoms with Crippen LogP contribution in [0, 0.1) is 5.41 Å². The van der Waals surface area contributed by atoms with E-state index in [1.807, 2.05) is 0 Å². The molecule has 2 aliphatic rings. The molecule has 0 unspecified atom stereocenters. The van der Waals surface area contributed by atoms with Gasteiger partial charge in [0.2, 0.25) is 5.95 Å². The number of hydrogen-bond donors (Lipinski definition) is 2. The van der Waals surface area contributed by atoms with Gasteiger partial charge in [-0.25, -0.2) is 0 Å². The largest absolute Gasteiger partial charge is 0.342 e. The molecule has 4 rings (SSSR count). The van der Waals surface area contributed by atoms with Gasteiger partial charge >= 0.3 is 0 Å². The van der Waals surface area contributed by atoms with Crippen molar-refractivity contribution in [1.82, 2.24) is 20.2 Å². The normalized spacial score (nSPS) is 21.7. The molecule has 2 N–H and O–H groups in total. The van der Waals surface area contributed by atoms with Crippen LogP contribution in [0.2, 0.25) is 0 Å². The van der Waals surface area contributed by atoms with Gasteiger partial charge in [0.25, 0.3) is 5.56 Å². The maximum absolute atomic E-state index is 11.9. The summed E-state index contributed by atoms with van der Waals surface area (Å²) in [6.45, 7) is 2.01. The fourth-order valence-electron chi connectivity index (χ4n) is 3.18. The van der Waals surface area contributed by atoms with Crippen LogP contribution in [0.15, 0.2) is 11.0 Å². The minimum atomic E-state index is -0.113. The Hall–Kier alpha value is -1.85. The average molecular weight is 245 g/mol. The lowest BCUT2D eigenvalue weighted by molar-refractivity contribution is 0.165. The third kappa shape index (κ3) is 1.31. The number of aromatic nitrogens is 4. The third-order valence-electron chi connectivity index (χ3n) is 4.46. The van der Waals surface area contributed by atoms with Crippen LogP contribution in [0.1, 0.15) is 25.7 Å². The Labute approximate surface area is 103 Å². The van der Waals surface area contributed by atoms with Gasteiger partial charge in [0.1, 0.15) is 5.39 Å². The van der Waals surface area contributed by atoms with Gasteiger partial charge < -0.3 is 4.90 Å².